The Bertz CT molecular complexity index is 740. The van der Waals surface area contributed by atoms with E-state index < -0.39 is 19.9 Å². The molecule has 21 heavy (non-hydrogen) atoms. The second-order valence-corrected chi connectivity index (χ2v) is 11.5. The minimum absolute atomic E-state index is 0.0275. The van der Waals surface area contributed by atoms with Gasteiger partial charge in [-0.25, -0.2) is 16.8 Å². The van der Waals surface area contributed by atoms with Gasteiger partial charge in [0.05, 0.1) is 11.5 Å². The fraction of sp³-hybridized carbons (Fsp3) is 0.692. The van der Waals surface area contributed by atoms with Crippen molar-refractivity contribution in [1.82, 2.24) is 4.31 Å². The molecule has 1 saturated heterocycles. The molecule has 1 unspecified atom stereocenters. The molecule has 1 aromatic heterocycles. The zero-order valence-corrected chi connectivity index (χ0v) is 14.5. The van der Waals surface area contributed by atoms with Gasteiger partial charge in [0, 0.05) is 17.5 Å². The third-order valence-electron chi connectivity index (χ3n) is 4.29. The second-order valence-electron chi connectivity index (χ2n) is 5.94. The van der Waals surface area contributed by atoms with E-state index in [0.29, 0.717) is 4.21 Å². The van der Waals surface area contributed by atoms with Crippen LogP contribution in [-0.2, 0) is 19.9 Å². The van der Waals surface area contributed by atoms with Gasteiger partial charge in [0.2, 0.25) is 0 Å². The molecule has 3 rings (SSSR count). The number of aryl methyl sites for hydroxylation is 2. The van der Waals surface area contributed by atoms with Crippen molar-refractivity contribution >= 4 is 31.2 Å². The molecule has 118 valence electrons. The Balaban J connectivity index is 1.97. The van der Waals surface area contributed by atoms with Crippen LogP contribution in [0.2, 0.25) is 0 Å². The van der Waals surface area contributed by atoms with Crippen molar-refractivity contribution in [2.24, 2.45) is 5.92 Å². The quantitative estimate of drug-likeness (QED) is 0.830. The monoisotopic (exact) mass is 349 g/mol. The summed E-state index contributed by atoms with van der Waals surface area (Å²) in [5, 5.41) is 0. The lowest BCUT2D eigenvalue weighted by atomic mass is 10.2. The van der Waals surface area contributed by atoms with Crippen LogP contribution in [0.5, 0.6) is 0 Å². The predicted molar refractivity (Wildman–Crippen MR) is 82.9 cm³/mol. The first-order chi connectivity index (χ1) is 9.71. The summed E-state index contributed by atoms with van der Waals surface area (Å²) in [5.41, 5.74) is 0.964. The molecule has 2 fully saturated rings. The molecule has 1 saturated carbocycles. The number of sulfonamides is 1. The highest BCUT2D eigenvalue weighted by Crippen LogP contribution is 2.40. The Morgan fingerprint density at radius 2 is 1.95 bits per heavy atom. The molecule has 1 aliphatic carbocycles. The van der Waals surface area contributed by atoms with E-state index in [0.717, 1.165) is 23.3 Å². The van der Waals surface area contributed by atoms with Crippen LogP contribution in [0.3, 0.4) is 0 Å². The summed E-state index contributed by atoms with van der Waals surface area (Å²) in [6, 6.07) is 1.32. The zero-order valence-electron chi connectivity index (χ0n) is 12.1. The first-order valence-corrected chi connectivity index (χ1v) is 11.1. The van der Waals surface area contributed by atoms with Gasteiger partial charge in [-0.2, -0.15) is 4.31 Å². The van der Waals surface area contributed by atoms with Gasteiger partial charge in [-0.1, -0.05) is 0 Å². The van der Waals surface area contributed by atoms with Gasteiger partial charge < -0.3 is 0 Å². The van der Waals surface area contributed by atoms with Gasteiger partial charge in [0.1, 0.15) is 4.21 Å². The van der Waals surface area contributed by atoms with Crippen molar-refractivity contribution in [2.45, 2.75) is 36.9 Å². The lowest BCUT2D eigenvalue weighted by Gasteiger charge is -2.34. The van der Waals surface area contributed by atoms with Crippen LogP contribution in [-0.4, -0.2) is 45.2 Å². The fourth-order valence-corrected chi connectivity index (χ4v) is 7.91. The molecular weight excluding hydrogens is 330 g/mol. The fourth-order valence-electron chi connectivity index (χ4n) is 2.75. The molecule has 5 nitrogen and oxygen atoms in total. The van der Waals surface area contributed by atoms with Crippen LogP contribution >= 0.6 is 11.3 Å². The molecule has 1 atom stereocenters. The van der Waals surface area contributed by atoms with Gasteiger partial charge in [-0.05, 0) is 44.2 Å². The van der Waals surface area contributed by atoms with E-state index in [-0.39, 0.29) is 30.0 Å². The number of thiophene rings is 1. The molecule has 1 aromatic rings. The first-order valence-electron chi connectivity index (χ1n) is 7.00. The predicted octanol–water partition coefficient (Wildman–Crippen LogP) is 1.56. The number of hydrogen-bond donors (Lipinski definition) is 0. The van der Waals surface area contributed by atoms with Crippen molar-refractivity contribution in [3.05, 3.63) is 16.5 Å². The Morgan fingerprint density at radius 1 is 1.29 bits per heavy atom. The summed E-state index contributed by atoms with van der Waals surface area (Å²) in [4.78, 5) is 0.987. The van der Waals surface area contributed by atoms with Crippen LogP contribution in [0, 0.1) is 19.8 Å². The lowest BCUT2D eigenvalue weighted by molar-refractivity contribution is 0.312. The van der Waals surface area contributed by atoms with E-state index in [1.165, 1.54) is 15.6 Å². The summed E-state index contributed by atoms with van der Waals surface area (Å²) < 4.78 is 51.2. The minimum atomic E-state index is -3.58. The minimum Gasteiger partial charge on any atom is -0.229 e. The van der Waals surface area contributed by atoms with Crippen LogP contribution in [0.4, 0.5) is 0 Å². The molecular formula is C13H19NO4S3. The third-order valence-corrected chi connectivity index (χ3v) is 9.47. The van der Waals surface area contributed by atoms with Crippen LogP contribution in [0.25, 0.3) is 0 Å². The maximum Gasteiger partial charge on any atom is 0.252 e. The average Bonchev–Trinajstić information content (AvgIpc) is 3.15. The van der Waals surface area contributed by atoms with E-state index in [9.17, 15) is 16.8 Å². The van der Waals surface area contributed by atoms with Crippen molar-refractivity contribution in [3.63, 3.8) is 0 Å². The van der Waals surface area contributed by atoms with Crippen molar-refractivity contribution in [3.8, 4) is 0 Å². The summed E-state index contributed by atoms with van der Waals surface area (Å²) in [7, 11) is -6.70. The standard InChI is InChI=1S/C13H19NO4S3/c1-9-7-13(19-10(9)2)21(17,18)14-5-6-20(15,16)8-12(14)11-3-4-11/h7,11-12H,3-6,8H2,1-2H3. The van der Waals surface area contributed by atoms with Gasteiger partial charge in [0.15, 0.2) is 9.84 Å². The number of hydrogen-bond acceptors (Lipinski definition) is 5. The topological polar surface area (TPSA) is 71.5 Å². The van der Waals surface area contributed by atoms with E-state index >= 15 is 0 Å². The zero-order chi connectivity index (χ0) is 15.4. The molecule has 0 radical (unpaired) electrons. The Labute approximate surface area is 129 Å². The normalized spacial score (nSPS) is 26.9. The SMILES string of the molecule is Cc1cc(S(=O)(=O)N2CCS(=O)(=O)CC2C2CC2)sc1C. The van der Waals surface area contributed by atoms with Crippen LogP contribution in [0.1, 0.15) is 23.3 Å². The van der Waals surface area contributed by atoms with Crippen molar-refractivity contribution in [1.29, 1.82) is 0 Å². The Morgan fingerprint density at radius 3 is 2.48 bits per heavy atom. The first kappa shape index (κ1) is 15.5. The molecule has 2 heterocycles. The molecule has 0 N–H and O–H groups in total. The second kappa shape index (κ2) is 5.04. The van der Waals surface area contributed by atoms with E-state index in [4.69, 9.17) is 0 Å². The summed E-state index contributed by atoms with van der Waals surface area (Å²) >= 11 is 1.27. The van der Waals surface area contributed by atoms with Crippen molar-refractivity contribution < 1.29 is 16.8 Å². The van der Waals surface area contributed by atoms with Crippen LogP contribution in [0.15, 0.2) is 10.3 Å². The molecule has 1 aliphatic heterocycles. The van der Waals surface area contributed by atoms with E-state index in [1.807, 2.05) is 13.8 Å². The summed E-state index contributed by atoms with van der Waals surface area (Å²) in [6.45, 7) is 3.88. The Hall–Kier alpha value is -0.440. The highest BCUT2D eigenvalue weighted by atomic mass is 32.2. The molecule has 8 heteroatoms. The maximum absolute atomic E-state index is 12.8. The molecule has 0 aromatic carbocycles. The van der Waals surface area contributed by atoms with Gasteiger partial charge in [-0.15, -0.1) is 11.3 Å². The van der Waals surface area contributed by atoms with E-state index in [2.05, 4.69) is 0 Å². The Kier molecular flexibility index (Phi) is 3.71. The lowest BCUT2D eigenvalue weighted by Crippen LogP contribution is -2.51. The van der Waals surface area contributed by atoms with Gasteiger partial charge in [-0.3, -0.25) is 0 Å². The number of sulfone groups is 1. The molecule has 0 amide bonds. The smallest absolute Gasteiger partial charge is 0.229 e. The van der Waals surface area contributed by atoms with Crippen LogP contribution < -0.4 is 0 Å². The largest absolute Gasteiger partial charge is 0.252 e. The summed E-state index contributed by atoms with van der Waals surface area (Å²) in [5.74, 6) is 0.107. The van der Waals surface area contributed by atoms with Gasteiger partial charge in [0.25, 0.3) is 10.0 Å². The molecule has 0 bridgehead atoms. The molecule has 0 spiro atoms. The number of rotatable bonds is 3. The van der Waals surface area contributed by atoms with Gasteiger partial charge >= 0.3 is 0 Å². The number of nitrogens with zero attached hydrogens (tertiary/aromatic N) is 1. The maximum atomic E-state index is 12.8. The summed E-state index contributed by atoms with van der Waals surface area (Å²) in [6.07, 6.45) is 1.85. The van der Waals surface area contributed by atoms with E-state index in [1.54, 1.807) is 6.07 Å². The van der Waals surface area contributed by atoms with Crippen molar-refractivity contribution in [2.75, 3.05) is 18.1 Å². The average molecular weight is 349 g/mol. The third kappa shape index (κ3) is 2.91. The highest BCUT2D eigenvalue weighted by molar-refractivity contribution is 7.92. The molecule has 2 aliphatic rings. The highest BCUT2D eigenvalue weighted by Gasteiger charge is 2.46.